The third-order valence-electron chi connectivity index (χ3n) is 4.54. The monoisotopic (exact) mass is 410 g/mol. The number of rotatable bonds is 9. The van der Waals surface area contributed by atoms with Crippen molar-refractivity contribution in [2.24, 2.45) is 11.0 Å². The third-order valence-corrected chi connectivity index (χ3v) is 4.54. The molecule has 3 N–H and O–H groups in total. The van der Waals surface area contributed by atoms with Gasteiger partial charge in [-0.25, -0.2) is 5.43 Å². The maximum atomic E-state index is 12.2. The number of anilines is 2. The lowest BCUT2D eigenvalue weighted by Gasteiger charge is -2.21. The summed E-state index contributed by atoms with van der Waals surface area (Å²) in [4.78, 5) is 26.2. The standard InChI is InChI=1S/C23H30N4O3/c1-5-27(6-2)20-12-9-18(21(28)14-20)15-24-26-23(30)17-7-10-19(11-8-17)25-22(29)13-16(3)4/h7-12,14-16,28H,5-6,13H2,1-4H3,(H,25,29)(H,26,30). The Bertz CT molecular complexity index is 888. The summed E-state index contributed by atoms with van der Waals surface area (Å²) in [6, 6.07) is 11.9. The second-order valence-corrected chi connectivity index (χ2v) is 7.34. The fraction of sp³-hybridized carbons (Fsp3) is 0.348. The van der Waals surface area contributed by atoms with Gasteiger partial charge in [0.2, 0.25) is 5.91 Å². The van der Waals surface area contributed by atoms with Crippen molar-refractivity contribution in [2.75, 3.05) is 23.3 Å². The second-order valence-electron chi connectivity index (χ2n) is 7.34. The highest BCUT2D eigenvalue weighted by molar-refractivity contribution is 5.96. The van der Waals surface area contributed by atoms with Crippen LogP contribution in [0.3, 0.4) is 0 Å². The maximum Gasteiger partial charge on any atom is 0.271 e. The van der Waals surface area contributed by atoms with E-state index in [4.69, 9.17) is 0 Å². The molecule has 30 heavy (non-hydrogen) atoms. The molecule has 160 valence electrons. The maximum absolute atomic E-state index is 12.2. The largest absolute Gasteiger partial charge is 0.507 e. The van der Waals surface area contributed by atoms with Crippen molar-refractivity contribution in [3.8, 4) is 5.75 Å². The molecule has 0 atom stereocenters. The lowest BCUT2D eigenvalue weighted by atomic mass is 10.1. The molecule has 0 bridgehead atoms. The number of nitrogens with one attached hydrogen (secondary N) is 2. The predicted molar refractivity (Wildman–Crippen MR) is 121 cm³/mol. The van der Waals surface area contributed by atoms with Crippen LogP contribution >= 0.6 is 0 Å². The van der Waals surface area contributed by atoms with Gasteiger partial charge in [0.25, 0.3) is 5.91 Å². The first kappa shape index (κ1) is 22.9. The molecule has 2 aromatic rings. The number of carbonyl (C=O) groups excluding carboxylic acids is 2. The molecule has 0 radical (unpaired) electrons. The van der Waals surface area contributed by atoms with Crippen molar-refractivity contribution in [1.29, 1.82) is 0 Å². The summed E-state index contributed by atoms with van der Waals surface area (Å²) in [6.07, 6.45) is 1.85. The molecular weight excluding hydrogens is 380 g/mol. The van der Waals surface area contributed by atoms with E-state index < -0.39 is 0 Å². The van der Waals surface area contributed by atoms with Crippen LogP contribution in [-0.2, 0) is 4.79 Å². The minimum Gasteiger partial charge on any atom is -0.507 e. The molecule has 2 amide bonds. The van der Waals surface area contributed by atoms with E-state index in [1.807, 2.05) is 19.9 Å². The fourth-order valence-electron chi connectivity index (χ4n) is 2.94. The van der Waals surface area contributed by atoms with E-state index >= 15 is 0 Å². The van der Waals surface area contributed by atoms with E-state index in [1.54, 1.807) is 36.4 Å². The van der Waals surface area contributed by atoms with Gasteiger partial charge < -0.3 is 15.3 Å². The third kappa shape index (κ3) is 6.62. The molecule has 2 rings (SSSR count). The molecule has 0 unspecified atom stereocenters. The van der Waals surface area contributed by atoms with Crippen LogP contribution < -0.4 is 15.6 Å². The lowest BCUT2D eigenvalue weighted by molar-refractivity contribution is -0.116. The molecule has 0 saturated carbocycles. The van der Waals surface area contributed by atoms with Crippen molar-refractivity contribution in [3.63, 3.8) is 0 Å². The number of phenolic OH excluding ortho intramolecular Hbond substituents is 1. The second kappa shape index (κ2) is 11.0. The van der Waals surface area contributed by atoms with Crippen molar-refractivity contribution in [3.05, 3.63) is 53.6 Å². The highest BCUT2D eigenvalue weighted by atomic mass is 16.3. The number of nitrogens with zero attached hydrogens (tertiary/aromatic N) is 2. The number of hydrazone groups is 1. The van der Waals surface area contributed by atoms with Crippen LogP contribution in [-0.4, -0.2) is 36.2 Å². The van der Waals surface area contributed by atoms with E-state index in [9.17, 15) is 14.7 Å². The van der Waals surface area contributed by atoms with E-state index in [0.717, 1.165) is 18.8 Å². The average molecular weight is 411 g/mol. The summed E-state index contributed by atoms with van der Waals surface area (Å²) in [6.45, 7) is 9.76. The van der Waals surface area contributed by atoms with Crippen molar-refractivity contribution in [2.45, 2.75) is 34.1 Å². The van der Waals surface area contributed by atoms with E-state index in [2.05, 4.69) is 34.6 Å². The number of benzene rings is 2. The van der Waals surface area contributed by atoms with Crippen LogP contribution in [0.1, 0.15) is 50.0 Å². The SMILES string of the molecule is CCN(CC)c1ccc(C=NNC(=O)c2ccc(NC(=O)CC(C)C)cc2)c(O)c1. The minimum absolute atomic E-state index is 0.0568. The fourth-order valence-corrected chi connectivity index (χ4v) is 2.94. The summed E-state index contributed by atoms with van der Waals surface area (Å²) in [7, 11) is 0. The van der Waals surface area contributed by atoms with E-state index in [-0.39, 0.29) is 23.5 Å². The molecule has 0 spiro atoms. The van der Waals surface area contributed by atoms with Crippen LogP contribution in [0.25, 0.3) is 0 Å². The van der Waals surface area contributed by atoms with Gasteiger partial charge in [-0.1, -0.05) is 13.8 Å². The Labute approximate surface area is 177 Å². The van der Waals surface area contributed by atoms with E-state index in [0.29, 0.717) is 23.2 Å². The Morgan fingerprint density at radius 2 is 1.77 bits per heavy atom. The predicted octanol–water partition coefficient (Wildman–Crippen LogP) is 3.99. The Morgan fingerprint density at radius 1 is 1.10 bits per heavy atom. The Morgan fingerprint density at radius 3 is 2.33 bits per heavy atom. The highest BCUT2D eigenvalue weighted by Crippen LogP contribution is 2.23. The molecule has 0 aromatic heterocycles. The first-order valence-corrected chi connectivity index (χ1v) is 10.1. The van der Waals surface area contributed by atoms with Gasteiger partial charge in [0.15, 0.2) is 0 Å². The van der Waals surface area contributed by atoms with Crippen molar-refractivity contribution >= 4 is 29.4 Å². The minimum atomic E-state index is -0.384. The number of hydrogen-bond acceptors (Lipinski definition) is 5. The Balaban J connectivity index is 1.95. The van der Waals surface area contributed by atoms with Gasteiger partial charge in [-0.15, -0.1) is 0 Å². The van der Waals surface area contributed by atoms with Gasteiger partial charge in [-0.2, -0.15) is 5.10 Å². The number of aromatic hydroxyl groups is 1. The quantitative estimate of drug-likeness (QED) is 0.430. The molecule has 0 heterocycles. The molecule has 2 aromatic carbocycles. The first-order chi connectivity index (χ1) is 14.3. The number of phenols is 1. The summed E-state index contributed by atoms with van der Waals surface area (Å²) >= 11 is 0. The van der Waals surface area contributed by atoms with Crippen LogP contribution in [0.2, 0.25) is 0 Å². The topological polar surface area (TPSA) is 94.0 Å². The van der Waals surface area contributed by atoms with Crippen molar-refractivity contribution < 1.29 is 14.7 Å². The highest BCUT2D eigenvalue weighted by Gasteiger charge is 2.08. The van der Waals surface area contributed by atoms with Gasteiger partial charge in [-0.05, 0) is 56.2 Å². The van der Waals surface area contributed by atoms with Crippen molar-refractivity contribution in [1.82, 2.24) is 5.43 Å². The van der Waals surface area contributed by atoms with Gasteiger partial charge >= 0.3 is 0 Å². The molecule has 0 aliphatic carbocycles. The van der Waals surface area contributed by atoms with Gasteiger partial charge in [0.05, 0.1) is 6.21 Å². The number of carbonyl (C=O) groups is 2. The number of amides is 2. The zero-order chi connectivity index (χ0) is 22.1. The molecule has 0 saturated heterocycles. The van der Waals surface area contributed by atoms with Gasteiger partial charge in [0, 0.05) is 48.1 Å². The molecule has 7 heteroatoms. The molecule has 7 nitrogen and oxygen atoms in total. The summed E-state index contributed by atoms with van der Waals surface area (Å²) in [5.74, 6) is -0.0659. The Hall–Kier alpha value is -3.35. The van der Waals surface area contributed by atoms with Crippen LogP contribution in [0.4, 0.5) is 11.4 Å². The van der Waals surface area contributed by atoms with Gasteiger partial charge in [-0.3, -0.25) is 9.59 Å². The number of hydrogen-bond donors (Lipinski definition) is 3. The summed E-state index contributed by atoms with van der Waals surface area (Å²) in [5.41, 5.74) is 4.93. The Kier molecular flexibility index (Phi) is 8.41. The van der Waals surface area contributed by atoms with Crippen LogP contribution in [0.15, 0.2) is 47.6 Å². The lowest BCUT2D eigenvalue weighted by Crippen LogP contribution is -2.21. The van der Waals surface area contributed by atoms with E-state index in [1.165, 1.54) is 6.21 Å². The van der Waals surface area contributed by atoms with Crippen LogP contribution in [0, 0.1) is 5.92 Å². The average Bonchev–Trinajstić information content (AvgIpc) is 2.70. The summed E-state index contributed by atoms with van der Waals surface area (Å²) in [5, 5.41) is 16.9. The zero-order valence-electron chi connectivity index (χ0n) is 18.0. The zero-order valence-corrected chi connectivity index (χ0v) is 18.0. The summed E-state index contributed by atoms with van der Waals surface area (Å²) < 4.78 is 0. The van der Waals surface area contributed by atoms with Crippen LogP contribution in [0.5, 0.6) is 5.75 Å². The first-order valence-electron chi connectivity index (χ1n) is 10.1. The normalized spacial score (nSPS) is 11.0. The molecule has 0 aliphatic heterocycles. The molecular formula is C23H30N4O3. The smallest absolute Gasteiger partial charge is 0.271 e. The molecule has 0 fully saturated rings. The van der Waals surface area contributed by atoms with Gasteiger partial charge in [0.1, 0.15) is 5.75 Å². The molecule has 0 aliphatic rings.